The van der Waals surface area contributed by atoms with Gasteiger partial charge in [-0.2, -0.15) is 0 Å². The van der Waals surface area contributed by atoms with Crippen molar-refractivity contribution in [3.05, 3.63) is 10.8 Å². The molecular weight excluding hydrogens is 234 g/mol. The first-order valence-electron chi connectivity index (χ1n) is 8.17. The van der Waals surface area contributed by atoms with Crippen molar-refractivity contribution in [2.45, 2.75) is 71.8 Å². The number of hydrogen-bond acceptors (Lipinski definition) is 1. The lowest BCUT2D eigenvalue weighted by atomic mass is 10.1. The van der Waals surface area contributed by atoms with Crippen molar-refractivity contribution < 1.29 is 0 Å². The standard InChI is InChI=1S/C16H33NSi/c1-4-9-16(10-5-2)15(3)18-14-13-17-11-7-6-8-12-17/h4-14,18H2,1-3H3. The van der Waals surface area contributed by atoms with E-state index in [0.29, 0.717) is 0 Å². The van der Waals surface area contributed by atoms with E-state index in [1.807, 2.05) is 10.8 Å². The Bertz CT molecular complexity index is 233. The van der Waals surface area contributed by atoms with E-state index in [9.17, 15) is 0 Å². The van der Waals surface area contributed by atoms with E-state index < -0.39 is 0 Å². The van der Waals surface area contributed by atoms with Gasteiger partial charge in [0.2, 0.25) is 0 Å². The molecule has 0 unspecified atom stereocenters. The van der Waals surface area contributed by atoms with Gasteiger partial charge in [-0.25, -0.2) is 0 Å². The Kier molecular flexibility index (Phi) is 8.69. The summed E-state index contributed by atoms with van der Waals surface area (Å²) in [5, 5.41) is 1.83. The Balaban J connectivity index is 2.27. The Morgan fingerprint density at radius 1 is 1.00 bits per heavy atom. The van der Waals surface area contributed by atoms with Gasteiger partial charge in [-0.15, -0.1) is 0 Å². The van der Waals surface area contributed by atoms with Gasteiger partial charge in [-0.1, -0.05) is 43.9 Å². The molecule has 0 amide bonds. The van der Waals surface area contributed by atoms with Crippen LogP contribution in [0.4, 0.5) is 0 Å². The second kappa shape index (κ2) is 9.80. The Morgan fingerprint density at radius 2 is 1.61 bits per heavy atom. The molecule has 0 atom stereocenters. The average molecular weight is 268 g/mol. The minimum Gasteiger partial charge on any atom is -0.304 e. The molecule has 0 spiro atoms. The van der Waals surface area contributed by atoms with Crippen LogP contribution in [0.1, 0.15) is 65.7 Å². The van der Waals surface area contributed by atoms with Gasteiger partial charge in [0.25, 0.3) is 0 Å². The van der Waals surface area contributed by atoms with E-state index in [-0.39, 0.29) is 9.52 Å². The molecule has 0 radical (unpaired) electrons. The van der Waals surface area contributed by atoms with Crippen molar-refractivity contribution in [1.29, 1.82) is 0 Å². The lowest BCUT2D eigenvalue weighted by Gasteiger charge is -2.26. The second-order valence-electron chi connectivity index (χ2n) is 5.89. The van der Waals surface area contributed by atoms with Crippen molar-refractivity contribution in [1.82, 2.24) is 4.90 Å². The van der Waals surface area contributed by atoms with Crippen molar-refractivity contribution in [2.75, 3.05) is 19.6 Å². The third-order valence-electron chi connectivity index (χ3n) is 4.18. The van der Waals surface area contributed by atoms with Gasteiger partial charge in [0.15, 0.2) is 0 Å². The normalized spacial score (nSPS) is 17.5. The Labute approximate surface area is 117 Å². The quantitative estimate of drug-likeness (QED) is 0.602. The Morgan fingerprint density at radius 3 is 2.17 bits per heavy atom. The van der Waals surface area contributed by atoms with Gasteiger partial charge in [0.05, 0.1) is 9.52 Å². The number of allylic oxidation sites excluding steroid dienone is 2. The molecule has 0 saturated carbocycles. The molecule has 106 valence electrons. The largest absolute Gasteiger partial charge is 0.304 e. The van der Waals surface area contributed by atoms with Gasteiger partial charge >= 0.3 is 0 Å². The molecule has 2 heteroatoms. The number of likely N-dealkylation sites (tertiary alicyclic amines) is 1. The van der Waals surface area contributed by atoms with E-state index in [1.165, 1.54) is 70.6 Å². The van der Waals surface area contributed by atoms with Gasteiger partial charge in [-0.05, 0) is 58.3 Å². The highest BCUT2D eigenvalue weighted by Crippen LogP contribution is 2.17. The fraction of sp³-hybridized carbons (Fsp3) is 0.875. The summed E-state index contributed by atoms with van der Waals surface area (Å²) in [6.07, 6.45) is 9.71. The molecule has 0 aromatic carbocycles. The van der Waals surface area contributed by atoms with Gasteiger partial charge in [-0.3, -0.25) is 0 Å². The van der Waals surface area contributed by atoms with Gasteiger partial charge in [0, 0.05) is 0 Å². The fourth-order valence-corrected chi connectivity index (χ4v) is 4.93. The summed E-state index contributed by atoms with van der Waals surface area (Å²) in [5.74, 6) is 0. The summed E-state index contributed by atoms with van der Waals surface area (Å²) in [5.41, 5.74) is 1.81. The molecule has 1 aliphatic heterocycles. The monoisotopic (exact) mass is 267 g/mol. The summed E-state index contributed by atoms with van der Waals surface area (Å²) in [4.78, 5) is 2.70. The van der Waals surface area contributed by atoms with E-state index in [4.69, 9.17) is 0 Å². The van der Waals surface area contributed by atoms with Crippen LogP contribution in [-0.2, 0) is 0 Å². The van der Waals surface area contributed by atoms with E-state index in [2.05, 4.69) is 25.7 Å². The SMILES string of the molecule is CCCC(CCC)=C(C)[SiH2]CCN1CCCCC1. The van der Waals surface area contributed by atoms with Crippen LogP contribution in [0.3, 0.4) is 0 Å². The third kappa shape index (κ3) is 6.19. The third-order valence-corrected chi connectivity index (χ3v) is 6.10. The Hall–Kier alpha value is -0.0831. The van der Waals surface area contributed by atoms with Crippen LogP contribution < -0.4 is 0 Å². The lowest BCUT2D eigenvalue weighted by Crippen LogP contribution is -2.31. The molecule has 0 aromatic rings. The molecule has 0 aliphatic carbocycles. The van der Waals surface area contributed by atoms with Crippen LogP contribution in [0, 0.1) is 0 Å². The number of nitrogens with zero attached hydrogens (tertiary/aromatic N) is 1. The highest BCUT2D eigenvalue weighted by atomic mass is 28.2. The summed E-state index contributed by atoms with van der Waals surface area (Å²) in [6, 6.07) is 1.50. The molecule has 1 rings (SSSR count). The average Bonchev–Trinajstić information content (AvgIpc) is 2.39. The van der Waals surface area contributed by atoms with E-state index in [1.54, 1.807) is 0 Å². The van der Waals surface area contributed by atoms with Crippen molar-refractivity contribution >= 4 is 9.52 Å². The number of rotatable bonds is 8. The molecule has 0 N–H and O–H groups in total. The van der Waals surface area contributed by atoms with Crippen molar-refractivity contribution in [2.24, 2.45) is 0 Å². The molecular formula is C16H33NSi. The minimum atomic E-state index is 0.0406. The first-order chi connectivity index (χ1) is 8.77. The first-order valence-corrected chi connectivity index (χ1v) is 9.88. The molecule has 1 aliphatic rings. The van der Waals surface area contributed by atoms with Crippen LogP contribution >= 0.6 is 0 Å². The smallest absolute Gasteiger partial charge is 0.0504 e. The van der Waals surface area contributed by atoms with Crippen LogP contribution in [0.5, 0.6) is 0 Å². The van der Waals surface area contributed by atoms with Gasteiger partial charge in [0.1, 0.15) is 0 Å². The van der Waals surface area contributed by atoms with Crippen LogP contribution in [0.2, 0.25) is 6.04 Å². The van der Waals surface area contributed by atoms with E-state index in [0.717, 1.165) is 0 Å². The molecule has 0 aromatic heterocycles. The summed E-state index contributed by atoms with van der Waals surface area (Å²) >= 11 is 0. The molecule has 18 heavy (non-hydrogen) atoms. The van der Waals surface area contributed by atoms with Gasteiger partial charge < -0.3 is 4.90 Å². The predicted octanol–water partition coefficient (Wildman–Crippen LogP) is 3.93. The number of piperidine rings is 1. The fourth-order valence-electron chi connectivity index (χ4n) is 3.08. The topological polar surface area (TPSA) is 3.24 Å². The number of hydrogen-bond donors (Lipinski definition) is 0. The maximum Gasteiger partial charge on any atom is 0.0504 e. The molecule has 1 saturated heterocycles. The lowest BCUT2D eigenvalue weighted by molar-refractivity contribution is 0.240. The maximum absolute atomic E-state index is 2.70. The van der Waals surface area contributed by atoms with Crippen LogP contribution in [0.15, 0.2) is 10.8 Å². The highest BCUT2D eigenvalue weighted by Gasteiger charge is 2.09. The summed E-state index contributed by atoms with van der Waals surface area (Å²) < 4.78 is 0. The minimum absolute atomic E-state index is 0.0406. The zero-order chi connectivity index (χ0) is 13.2. The highest BCUT2D eigenvalue weighted by molar-refractivity contribution is 6.45. The zero-order valence-electron chi connectivity index (χ0n) is 12.9. The summed E-state index contributed by atoms with van der Waals surface area (Å²) in [6.45, 7) is 11.2. The van der Waals surface area contributed by atoms with Crippen molar-refractivity contribution in [3.8, 4) is 0 Å². The molecule has 1 heterocycles. The molecule has 1 fully saturated rings. The van der Waals surface area contributed by atoms with Crippen LogP contribution in [0.25, 0.3) is 0 Å². The first kappa shape index (κ1) is 16.0. The van der Waals surface area contributed by atoms with Crippen LogP contribution in [-0.4, -0.2) is 34.1 Å². The predicted molar refractivity (Wildman–Crippen MR) is 86.2 cm³/mol. The van der Waals surface area contributed by atoms with Crippen molar-refractivity contribution in [3.63, 3.8) is 0 Å². The second-order valence-corrected chi connectivity index (χ2v) is 8.16. The molecule has 0 bridgehead atoms. The molecule has 1 nitrogen and oxygen atoms in total. The maximum atomic E-state index is 2.70. The summed E-state index contributed by atoms with van der Waals surface area (Å²) in [7, 11) is 0.0406. The zero-order valence-corrected chi connectivity index (χ0v) is 14.3. The van der Waals surface area contributed by atoms with E-state index >= 15 is 0 Å².